The topological polar surface area (TPSA) is 81.4 Å². The van der Waals surface area contributed by atoms with E-state index in [4.69, 9.17) is 4.74 Å². The van der Waals surface area contributed by atoms with Crippen LogP contribution < -0.4 is 0 Å². The number of hydrogen-bond donors (Lipinski definition) is 1. The van der Waals surface area contributed by atoms with Gasteiger partial charge >= 0.3 is 12.1 Å². The van der Waals surface area contributed by atoms with Crippen LogP contribution in [0.5, 0.6) is 0 Å². The zero-order valence-electron chi connectivity index (χ0n) is 23.1. The Hall–Kier alpha value is -2.73. The maximum Gasteiger partial charge on any atom is 0.490 e. The number of carbonyl (C=O) groups excluding carboxylic acids is 2. The third-order valence-corrected chi connectivity index (χ3v) is 11.3. The van der Waals surface area contributed by atoms with Gasteiger partial charge in [0, 0.05) is 11.3 Å². The summed E-state index contributed by atoms with van der Waals surface area (Å²) in [4.78, 5) is 25.3. The summed E-state index contributed by atoms with van der Waals surface area (Å²) in [6, 6.07) is 4.88. The molecule has 4 aliphatic rings. The van der Waals surface area contributed by atoms with Crippen LogP contribution in [0.2, 0.25) is 0 Å². The number of fused-ring (bicyclic) bond motifs is 6. The molecule has 12 heteroatoms. The first-order valence-corrected chi connectivity index (χ1v) is 15.0. The Bertz CT molecular complexity index is 1460. The van der Waals surface area contributed by atoms with Crippen LogP contribution in [0, 0.1) is 34.4 Å². The van der Waals surface area contributed by atoms with E-state index in [1.165, 1.54) is 12.1 Å². The van der Waals surface area contributed by atoms with Gasteiger partial charge in [-0.2, -0.15) is 18.3 Å². The van der Waals surface area contributed by atoms with Gasteiger partial charge < -0.3 is 9.84 Å². The van der Waals surface area contributed by atoms with E-state index in [-0.39, 0.29) is 30.5 Å². The predicted molar refractivity (Wildman–Crippen MR) is 144 cm³/mol. The summed E-state index contributed by atoms with van der Waals surface area (Å²) in [5, 5.41) is 15.4. The second-order valence-corrected chi connectivity index (χ2v) is 13.4. The average Bonchev–Trinajstić information content (AvgIpc) is 3.44. The molecule has 1 N–H and O–H groups in total. The number of allylic oxidation sites excluding steroid dienone is 1. The molecule has 0 aliphatic heterocycles. The molecule has 0 amide bonds. The van der Waals surface area contributed by atoms with E-state index in [0.29, 0.717) is 43.1 Å². The Morgan fingerprint density at radius 2 is 1.90 bits per heavy atom. The van der Waals surface area contributed by atoms with Crippen molar-refractivity contribution in [2.45, 2.75) is 70.3 Å². The minimum Gasteiger partial charge on any atom is -0.455 e. The fourth-order valence-electron chi connectivity index (χ4n) is 8.76. The number of aromatic nitrogens is 2. The van der Waals surface area contributed by atoms with E-state index in [9.17, 15) is 36.6 Å². The Morgan fingerprint density at radius 1 is 1.19 bits per heavy atom. The summed E-state index contributed by atoms with van der Waals surface area (Å²) >= 11 is 0.359. The number of ether oxygens (including phenoxy) is 1. The number of aliphatic hydroxyl groups is 1. The highest BCUT2D eigenvalue weighted by Crippen LogP contribution is 2.68. The molecule has 226 valence electrons. The molecule has 1 aromatic heterocycles. The Kier molecular flexibility index (Phi) is 6.92. The molecule has 42 heavy (non-hydrogen) atoms. The first-order chi connectivity index (χ1) is 19.7. The number of rotatable bonds is 4. The van der Waals surface area contributed by atoms with E-state index >= 15 is 0 Å². The zero-order valence-corrected chi connectivity index (χ0v) is 23.9. The molecule has 6 nitrogen and oxygen atoms in total. The van der Waals surface area contributed by atoms with Gasteiger partial charge in [0.1, 0.15) is 23.5 Å². The van der Waals surface area contributed by atoms with E-state index in [0.717, 1.165) is 16.8 Å². The average molecular weight is 611 g/mol. The number of benzene rings is 1. The van der Waals surface area contributed by atoms with Gasteiger partial charge in [0.2, 0.25) is 5.12 Å². The Morgan fingerprint density at radius 3 is 2.57 bits per heavy atom. The highest BCUT2D eigenvalue weighted by Gasteiger charge is 2.69. The normalized spacial score (nSPS) is 35.4. The van der Waals surface area contributed by atoms with Crippen molar-refractivity contribution in [2.75, 3.05) is 6.01 Å². The molecule has 3 fully saturated rings. The van der Waals surface area contributed by atoms with Crippen LogP contribution >= 0.6 is 11.8 Å². The summed E-state index contributed by atoms with van der Waals surface area (Å²) < 4.78 is 74.2. The van der Waals surface area contributed by atoms with Gasteiger partial charge in [0.15, 0.2) is 0 Å². The van der Waals surface area contributed by atoms with Crippen molar-refractivity contribution in [1.29, 1.82) is 0 Å². The fraction of sp³-hybridized carbons (Fsp3) is 0.567. The smallest absolute Gasteiger partial charge is 0.455 e. The molecule has 0 unspecified atom stereocenters. The number of halogens is 5. The monoisotopic (exact) mass is 610 g/mol. The molecule has 7 atom stereocenters. The van der Waals surface area contributed by atoms with Crippen molar-refractivity contribution in [3.05, 3.63) is 53.1 Å². The van der Waals surface area contributed by atoms with Crippen molar-refractivity contribution in [3.63, 3.8) is 0 Å². The Balaban J connectivity index is 1.42. The van der Waals surface area contributed by atoms with Gasteiger partial charge in [-0.25, -0.2) is 18.3 Å². The number of hydrogen-bond acceptors (Lipinski definition) is 6. The van der Waals surface area contributed by atoms with Gasteiger partial charge in [-0.05, 0) is 91.7 Å². The maximum absolute atomic E-state index is 13.5. The van der Waals surface area contributed by atoms with E-state index < -0.39 is 51.7 Å². The highest BCUT2D eigenvalue weighted by atomic mass is 32.2. The largest absolute Gasteiger partial charge is 0.490 e. The number of carbonyl (C=O) groups is 2. The minimum atomic E-state index is -5.22. The fourth-order valence-corrected chi connectivity index (χ4v) is 9.43. The van der Waals surface area contributed by atoms with Gasteiger partial charge in [-0.3, -0.25) is 4.79 Å². The van der Waals surface area contributed by atoms with Crippen molar-refractivity contribution < 1.29 is 41.4 Å². The van der Waals surface area contributed by atoms with Crippen LogP contribution in [0.1, 0.15) is 57.2 Å². The molecule has 0 bridgehead atoms. The number of alkyl halides is 4. The molecular formula is C30H31F5N2O4S. The second kappa shape index (κ2) is 9.90. The summed E-state index contributed by atoms with van der Waals surface area (Å²) in [6.45, 7) is 3.65. The van der Waals surface area contributed by atoms with Crippen LogP contribution in [-0.2, 0) is 20.7 Å². The molecule has 0 saturated heterocycles. The van der Waals surface area contributed by atoms with Crippen molar-refractivity contribution in [2.24, 2.45) is 28.6 Å². The van der Waals surface area contributed by atoms with Crippen LogP contribution in [0.25, 0.3) is 11.8 Å². The van der Waals surface area contributed by atoms with Crippen molar-refractivity contribution in [1.82, 2.24) is 9.78 Å². The zero-order chi connectivity index (χ0) is 30.2. The predicted octanol–water partition coefficient (Wildman–Crippen LogP) is 6.20. The van der Waals surface area contributed by atoms with Gasteiger partial charge in [-0.1, -0.05) is 31.2 Å². The molecule has 6 rings (SSSR count). The maximum atomic E-state index is 13.5. The quantitative estimate of drug-likeness (QED) is 0.328. The summed E-state index contributed by atoms with van der Waals surface area (Å²) in [6.07, 6.45) is -0.783. The first-order valence-electron chi connectivity index (χ1n) is 14.0. The summed E-state index contributed by atoms with van der Waals surface area (Å²) in [5.41, 5.74) is -0.515. The lowest BCUT2D eigenvalue weighted by Crippen LogP contribution is -2.62. The summed E-state index contributed by atoms with van der Waals surface area (Å²) in [5.74, 6) is -3.69. The number of thioether (sulfide) groups is 1. The molecule has 2 aromatic rings. The van der Waals surface area contributed by atoms with Crippen LogP contribution in [-0.4, -0.2) is 49.9 Å². The standard InChI is InChI=1S/C30H31F5N2O4S/c1-27-12-16-14-36-37(19-6-4-18(32)5-7-19)22(16)11-17(27)3-8-20-21-9-10-29(40,26(39)42-15-31)28(21,2)13-23(24(20)27)41-25(38)30(33,34)35/h4-7,11,14,20-21,23-24,40H,3,8-10,12-13,15H2,1-2H3/t20-,21-,23-,24+,27-,28-,29-/m0/s1. The van der Waals surface area contributed by atoms with Crippen LogP contribution in [0.15, 0.2) is 36.0 Å². The number of esters is 1. The molecular weight excluding hydrogens is 579 g/mol. The van der Waals surface area contributed by atoms with E-state index in [1.807, 2.05) is 13.0 Å². The SMILES string of the molecule is C[C@]12Cc3cnn(-c4ccc(F)cc4)c3C=C1CC[C@@H]1[C@@H]2[C@@H](OC(=O)C(F)(F)F)C[C@@]2(C)[C@H]1CC[C@]2(O)C(=O)SCF. The highest BCUT2D eigenvalue weighted by molar-refractivity contribution is 8.13. The molecule has 0 radical (unpaired) electrons. The van der Waals surface area contributed by atoms with Crippen LogP contribution in [0.3, 0.4) is 0 Å². The third-order valence-electron chi connectivity index (χ3n) is 10.6. The lowest BCUT2D eigenvalue weighted by molar-refractivity contribution is -0.225. The van der Waals surface area contributed by atoms with Crippen molar-refractivity contribution >= 4 is 28.9 Å². The van der Waals surface area contributed by atoms with Gasteiger partial charge in [0.25, 0.3) is 0 Å². The third kappa shape index (κ3) is 4.26. The molecule has 4 aliphatic carbocycles. The lowest BCUT2D eigenvalue weighted by atomic mass is 9.45. The van der Waals surface area contributed by atoms with E-state index in [1.54, 1.807) is 29.9 Å². The second-order valence-electron chi connectivity index (χ2n) is 12.5. The Labute approximate surface area is 243 Å². The molecule has 3 saturated carbocycles. The first kappa shape index (κ1) is 29.3. The number of nitrogens with zero attached hydrogens (tertiary/aromatic N) is 2. The van der Waals surface area contributed by atoms with Gasteiger partial charge in [0.05, 0.1) is 17.6 Å². The molecule has 1 heterocycles. The van der Waals surface area contributed by atoms with Crippen LogP contribution in [0.4, 0.5) is 22.0 Å². The minimum absolute atomic E-state index is 0.0666. The van der Waals surface area contributed by atoms with Gasteiger partial charge in [-0.15, -0.1) is 0 Å². The summed E-state index contributed by atoms with van der Waals surface area (Å²) in [7, 11) is 0. The molecule has 1 aromatic carbocycles. The molecule has 0 spiro atoms. The van der Waals surface area contributed by atoms with Crippen molar-refractivity contribution in [3.8, 4) is 5.69 Å². The lowest BCUT2D eigenvalue weighted by Gasteiger charge is -2.60. The van der Waals surface area contributed by atoms with E-state index in [2.05, 4.69) is 5.10 Å².